The monoisotopic (exact) mass is 342 g/mol. The molecule has 0 saturated heterocycles. The minimum Gasteiger partial charge on any atom is -0.472 e. The first kappa shape index (κ1) is 15.7. The van der Waals surface area contributed by atoms with Crippen molar-refractivity contribution in [2.45, 2.75) is 31.3 Å². The van der Waals surface area contributed by atoms with Crippen molar-refractivity contribution in [3.8, 4) is 0 Å². The van der Waals surface area contributed by atoms with Gasteiger partial charge in [0.1, 0.15) is 11.5 Å². The van der Waals surface area contributed by atoms with E-state index in [4.69, 9.17) is 13.4 Å². The zero-order valence-electron chi connectivity index (χ0n) is 13.5. The van der Waals surface area contributed by atoms with Gasteiger partial charge < -0.3 is 23.8 Å². The summed E-state index contributed by atoms with van der Waals surface area (Å²) >= 11 is 0. The molecule has 1 aliphatic rings. The van der Waals surface area contributed by atoms with Crippen LogP contribution in [0.25, 0.3) is 0 Å². The third-order valence-corrected chi connectivity index (χ3v) is 4.60. The number of hydrogen-bond acceptors (Lipinski definition) is 6. The first-order valence-corrected chi connectivity index (χ1v) is 8.23. The first-order valence-electron chi connectivity index (χ1n) is 8.23. The Labute approximate surface area is 143 Å². The number of aliphatic hydroxyl groups is 1. The Kier molecular flexibility index (Phi) is 3.93. The van der Waals surface area contributed by atoms with E-state index in [1.807, 2.05) is 0 Å². The quantitative estimate of drug-likeness (QED) is 0.738. The zero-order valence-corrected chi connectivity index (χ0v) is 13.5. The summed E-state index contributed by atoms with van der Waals surface area (Å²) in [6, 6.07) is 4.96. The molecule has 7 nitrogen and oxygen atoms in total. The van der Waals surface area contributed by atoms with Crippen LogP contribution in [0.3, 0.4) is 0 Å². The molecule has 1 amide bonds. The number of amides is 1. The van der Waals surface area contributed by atoms with Crippen molar-refractivity contribution in [2.24, 2.45) is 0 Å². The molecular formula is C18H18N2O5. The largest absolute Gasteiger partial charge is 0.472 e. The van der Waals surface area contributed by atoms with Gasteiger partial charge in [0.15, 0.2) is 11.3 Å². The Bertz CT molecular complexity index is 814. The van der Waals surface area contributed by atoms with Gasteiger partial charge in [-0.05, 0) is 37.5 Å². The highest BCUT2D eigenvalue weighted by atomic mass is 16.5. The predicted molar refractivity (Wildman–Crippen MR) is 85.9 cm³/mol. The van der Waals surface area contributed by atoms with E-state index < -0.39 is 5.60 Å². The molecule has 0 saturated carbocycles. The summed E-state index contributed by atoms with van der Waals surface area (Å²) in [7, 11) is 0. The lowest BCUT2D eigenvalue weighted by Crippen LogP contribution is -2.41. The molecule has 0 unspecified atom stereocenters. The summed E-state index contributed by atoms with van der Waals surface area (Å²) in [6.07, 6.45) is 8.00. The van der Waals surface area contributed by atoms with Gasteiger partial charge >= 0.3 is 0 Å². The van der Waals surface area contributed by atoms with E-state index in [-0.39, 0.29) is 12.5 Å². The summed E-state index contributed by atoms with van der Waals surface area (Å²) < 4.78 is 15.7. The van der Waals surface area contributed by atoms with E-state index in [1.54, 1.807) is 18.2 Å². The van der Waals surface area contributed by atoms with Crippen molar-refractivity contribution in [2.75, 3.05) is 6.54 Å². The number of nitrogens with one attached hydrogen (secondary N) is 1. The van der Waals surface area contributed by atoms with Gasteiger partial charge in [-0.2, -0.15) is 0 Å². The fraction of sp³-hybridized carbons (Fsp3) is 0.333. The Morgan fingerprint density at radius 1 is 1.28 bits per heavy atom. The number of carbonyl (C=O) groups is 1. The maximum Gasteiger partial charge on any atom is 0.273 e. The van der Waals surface area contributed by atoms with Crippen LogP contribution in [0.2, 0.25) is 0 Å². The SMILES string of the molecule is O=C(NC[C@](O)(c1ccoc1)c1ccco1)c1noc2c1CCCC2. The van der Waals surface area contributed by atoms with Gasteiger partial charge in [0.2, 0.25) is 0 Å². The molecule has 3 aromatic rings. The predicted octanol–water partition coefficient (Wildman–Crippen LogP) is 2.41. The lowest BCUT2D eigenvalue weighted by Gasteiger charge is -2.25. The number of furan rings is 2. The molecule has 1 aliphatic carbocycles. The molecular weight excluding hydrogens is 324 g/mol. The number of aryl methyl sites for hydroxylation is 1. The van der Waals surface area contributed by atoms with E-state index in [2.05, 4.69) is 10.5 Å². The third-order valence-electron chi connectivity index (χ3n) is 4.60. The van der Waals surface area contributed by atoms with Crippen LogP contribution in [0.15, 0.2) is 50.3 Å². The Morgan fingerprint density at radius 3 is 2.92 bits per heavy atom. The topological polar surface area (TPSA) is 102 Å². The summed E-state index contributed by atoms with van der Waals surface area (Å²) in [6.45, 7) is -0.0828. The van der Waals surface area contributed by atoms with Gasteiger partial charge in [0.05, 0.1) is 25.3 Å². The minimum atomic E-state index is -1.53. The first-order chi connectivity index (χ1) is 12.2. The van der Waals surface area contributed by atoms with Crippen molar-refractivity contribution in [3.05, 3.63) is 65.3 Å². The molecule has 130 valence electrons. The third kappa shape index (κ3) is 2.76. The highest BCUT2D eigenvalue weighted by Crippen LogP contribution is 2.30. The second-order valence-corrected chi connectivity index (χ2v) is 6.17. The van der Waals surface area contributed by atoms with E-state index in [0.717, 1.165) is 37.0 Å². The molecule has 0 aromatic carbocycles. The van der Waals surface area contributed by atoms with Crippen molar-refractivity contribution < 1.29 is 23.3 Å². The molecule has 2 N–H and O–H groups in total. The van der Waals surface area contributed by atoms with Crippen molar-refractivity contribution in [1.82, 2.24) is 10.5 Å². The summed E-state index contributed by atoms with van der Waals surface area (Å²) in [5.41, 5.74) is 0.123. The normalized spacial score (nSPS) is 16.2. The summed E-state index contributed by atoms with van der Waals surface area (Å²) in [5.74, 6) is 0.726. The molecule has 3 aromatic heterocycles. The van der Waals surface area contributed by atoms with Crippen molar-refractivity contribution >= 4 is 5.91 Å². The maximum absolute atomic E-state index is 12.6. The Morgan fingerprint density at radius 2 is 2.16 bits per heavy atom. The smallest absolute Gasteiger partial charge is 0.273 e. The number of rotatable bonds is 5. The van der Waals surface area contributed by atoms with Crippen LogP contribution >= 0.6 is 0 Å². The molecule has 0 radical (unpaired) electrons. The number of fused-ring (bicyclic) bond motifs is 1. The molecule has 4 rings (SSSR count). The highest BCUT2D eigenvalue weighted by molar-refractivity contribution is 5.93. The van der Waals surface area contributed by atoms with Crippen LogP contribution in [0.4, 0.5) is 0 Å². The lowest BCUT2D eigenvalue weighted by molar-refractivity contribution is 0.0517. The molecule has 1 atom stereocenters. The average molecular weight is 342 g/mol. The number of aromatic nitrogens is 1. The number of carbonyl (C=O) groups excluding carboxylic acids is 1. The summed E-state index contributed by atoms with van der Waals surface area (Å²) in [4.78, 5) is 12.6. The second-order valence-electron chi connectivity index (χ2n) is 6.17. The zero-order chi connectivity index (χ0) is 17.3. The summed E-state index contributed by atoms with van der Waals surface area (Å²) in [5, 5.41) is 17.8. The molecule has 3 heterocycles. The van der Waals surface area contributed by atoms with Gasteiger partial charge in [-0.3, -0.25) is 4.79 Å². The van der Waals surface area contributed by atoms with Gasteiger partial charge in [0.25, 0.3) is 5.91 Å². The Balaban J connectivity index is 1.56. The number of hydrogen-bond donors (Lipinski definition) is 2. The standard InChI is InChI=1S/C18H18N2O5/c21-17(16-13-4-1-2-5-14(13)25-20-16)19-11-18(22,12-7-9-23-10-12)15-6-3-8-24-15/h3,6-10,22H,1-2,4-5,11H2,(H,19,21)/t18-/m0/s1. The fourth-order valence-electron chi connectivity index (χ4n) is 3.20. The van der Waals surface area contributed by atoms with E-state index >= 15 is 0 Å². The maximum atomic E-state index is 12.6. The van der Waals surface area contributed by atoms with Gasteiger partial charge in [0, 0.05) is 17.5 Å². The van der Waals surface area contributed by atoms with Crippen molar-refractivity contribution in [3.63, 3.8) is 0 Å². The minimum absolute atomic E-state index is 0.0828. The molecule has 7 heteroatoms. The molecule has 25 heavy (non-hydrogen) atoms. The fourth-order valence-corrected chi connectivity index (χ4v) is 3.20. The molecule has 0 aliphatic heterocycles. The second kappa shape index (κ2) is 6.25. The van der Waals surface area contributed by atoms with Crippen LogP contribution in [-0.2, 0) is 18.4 Å². The van der Waals surface area contributed by atoms with Gasteiger partial charge in [-0.25, -0.2) is 0 Å². The van der Waals surface area contributed by atoms with E-state index in [0.29, 0.717) is 17.0 Å². The molecule has 0 spiro atoms. The highest BCUT2D eigenvalue weighted by Gasteiger charge is 2.37. The van der Waals surface area contributed by atoms with Crippen LogP contribution in [0.5, 0.6) is 0 Å². The van der Waals surface area contributed by atoms with Crippen LogP contribution in [0.1, 0.15) is 46.0 Å². The van der Waals surface area contributed by atoms with Crippen LogP contribution < -0.4 is 5.32 Å². The van der Waals surface area contributed by atoms with Crippen molar-refractivity contribution in [1.29, 1.82) is 0 Å². The van der Waals surface area contributed by atoms with Crippen LogP contribution in [0, 0.1) is 0 Å². The van der Waals surface area contributed by atoms with Gasteiger partial charge in [-0.15, -0.1) is 0 Å². The molecule has 0 bridgehead atoms. The van der Waals surface area contributed by atoms with Gasteiger partial charge in [-0.1, -0.05) is 5.16 Å². The number of nitrogens with zero attached hydrogens (tertiary/aromatic N) is 1. The average Bonchev–Trinajstić information content (AvgIpc) is 3.40. The molecule has 0 fully saturated rings. The lowest BCUT2D eigenvalue weighted by atomic mass is 9.93. The van der Waals surface area contributed by atoms with E-state index in [1.165, 1.54) is 18.8 Å². The van der Waals surface area contributed by atoms with Crippen LogP contribution in [-0.4, -0.2) is 22.7 Å². The Hall–Kier alpha value is -2.80. The van der Waals surface area contributed by atoms with E-state index in [9.17, 15) is 9.90 Å².